The molecule has 0 aliphatic carbocycles. The molecule has 0 aromatic heterocycles. The molecule has 12 N–H and O–H groups in total. The molecule has 0 aromatic rings. The molecule has 0 bridgehead atoms. The molecule has 0 saturated heterocycles. The number of aliphatic carboxylic acids is 2. The van der Waals surface area contributed by atoms with Crippen molar-refractivity contribution in [3.8, 4) is 0 Å². The van der Waals surface area contributed by atoms with Gasteiger partial charge in [-0.2, -0.15) is 5.48 Å². The number of guanidine groups is 1. The van der Waals surface area contributed by atoms with Gasteiger partial charge in [0.1, 0.15) is 12.1 Å². The minimum Gasteiger partial charge on any atom is -0.480 e. The number of hydroxylamine groups is 1. The predicted molar refractivity (Wildman–Crippen MR) is 84.8 cm³/mol. The maximum Gasteiger partial charge on any atom is 0.323 e. The smallest absolute Gasteiger partial charge is 0.323 e. The number of rotatable bonds is 11. The molecule has 0 aliphatic rings. The van der Waals surface area contributed by atoms with Gasteiger partial charge in [0, 0.05) is 6.54 Å². The summed E-state index contributed by atoms with van der Waals surface area (Å²) in [4.78, 5) is 24.2. The third kappa shape index (κ3) is 16.2. The normalized spacial score (nSPS) is 12.5. The molecule has 0 rings (SSSR count). The summed E-state index contributed by atoms with van der Waals surface area (Å²) < 4.78 is 0. The molecule has 0 saturated carbocycles. The molecule has 0 fully saturated rings. The van der Waals surface area contributed by atoms with Crippen LogP contribution in [0.5, 0.6) is 0 Å². The second kappa shape index (κ2) is 15.0. The molecule has 0 unspecified atom stereocenters. The standard InChI is InChI=1S/C6H14N4O2.C6H14N2O3/c7-4(5(11)12)2-1-3-10-6(8)9;7-4-2-1-3-5(8-11)6(9)10/h4H,1-3,7H2,(H,11,12)(H4,8,9,10);5,8,11H,1-4,7H2,(H,9,10)/t4-;5-/m00/s1. The van der Waals surface area contributed by atoms with Gasteiger partial charge in [-0.1, -0.05) is 0 Å². The van der Waals surface area contributed by atoms with Crippen molar-refractivity contribution in [2.45, 2.75) is 44.2 Å². The van der Waals surface area contributed by atoms with Crippen molar-refractivity contribution in [2.75, 3.05) is 13.1 Å². The van der Waals surface area contributed by atoms with Crippen LogP contribution in [-0.2, 0) is 9.59 Å². The number of carboxylic acids is 2. The second-order valence-electron chi connectivity index (χ2n) is 4.70. The van der Waals surface area contributed by atoms with Crippen LogP contribution in [0.25, 0.3) is 0 Å². The van der Waals surface area contributed by atoms with Gasteiger partial charge in [0.2, 0.25) is 0 Å². The van der Waals surface area contributed by atoms with Crippen LogP contribution in [-0.4, -0.2) is 58.5 Å². The van der Waals surface area contributed by atoms with Gasteiger partial charge in [0.25, 0.3) is 0 Å². The Bertz CT molecular complexity index is 362. The van der Waals surface area contributed by atoms with Crippen molar-refractivity contribution >= 4 is 17.9 Å². The minimum atomic E-state index is -1.04. The number of hydrogen-bond donors (Lipinski definition) is 8. The summed E-state index contributed by atoms with van der Waals surface area (Å²) in [5.41, 5.74) is 22.2. The molecular weight excluding hydrogens is 308 g/mol. The van der Waals surface area contributed by atoms with E-state index in [0.29, 0.717) is 38.8 Å². The van der Waals surface area contributed by atoms with Crippen LogP contribution in [0.4, 0.5) is 0 Å². The van der Waals surface area contributed by atoms with E-state index in [1.807, 2.05) is 0 Å². The average Bonchev–Trinajstić information content (AvgIpc) is 2.48. The van der Waals surface area contributed by atoms with Gasteiger partial charge in [-0.25, -0.2) is 0 Å². The maximum absolute atomic E-state index is 10.3. The lowest BCUT2D eigenvalue weighted by molar-refractivity contribution is -0.142. The lowest BCUT2D eigenvalue weighted by Gasteiger charge is -2.08. The lowest BCUT2D eigenvalue weighted by atomic mass is 10.1. The molecule has 23 heavy (non-hydrogen) atoms. The first-order chi connectivity index (χ1) is 10.8. The van der Waals surface area contributed by atoms with E-state index in [0.717, 1.165) is 6.42 Å². The van der Waals surface area contributed by atoms with Crippen LogP contribution in [0.3, 0.4) is 0 Å². The summed E-state index contributed by atoms with van der Waals surface area (Å²) in [5.74, 6) is -2.02. The van der Waals surface area contributed by atoms with E-state index < -0.39 is 24.0 Å². The number of nitrogens with zero attached hydrogens (tertiary/aromatic N) is 1. The summed E-state index contributed by atoms with van der Waals surface area (Å²) in [6.45, 7) is 0.973. The van der Waals surface area contributed by atoms with E-state index in [2.05, 4.69) is 4.99 Å². The second-order valence-corrected chi connectivity index (χ2v) is 4.70. The Balaban J connectivity index is 0. The Hall–Kier alpha value is -1.95. The van der Waals surface area contributed by atoms with Crippen LogP contribution in [0.2, 0.25) is 0 Å². The van der Waals surface area contributed by atoms with Gasteiger partial charge >= 0.3 is 11.9 Å². The monoisotopic (exact) mass is 336 g/mol. The number of carboxylic acid groups (broad SMARTS) is 2. The molecular formula is C12H28N6O5. The van der Waals surface area contributed by atoms with E-state index in [9.17, 15) is 9.59 Å². The van der Waals surface area contributed by atoms with Crippen molar-refractivity contribution in [1.29, 1.82) is 0 Å². The third-order valence-corrected chi connectivity index (χ3v) is 2.69. The Morgan fingerprint density at radius 2 is 1.65 bits per heavy atom. The Labute approximate surface area is 134 Å². The van der Waals surface area contributed by atoms with Crippen LogP contribution in [0.1, 0.15) is 32.1 Å². The van der Waals surface area contributed by atoms with Crippen LogP contribution in [0, 0.1) is 0 Å². The van der Waals surface area contributed by atoms with Gasteiger partial charge in [-0.05, 0) is 38.6 Å². The fraction of sp³-hybridized carbons (Fsp3) is 0.750. The number of aliphatic imine (C=N–C) groups is 1. The average molecular weight is 336 g/mol. The zero-order chi connectivity index (χ0) is 18.3. The van der Waals surface area contributed by atoms with Crippen LogP contribution < -0.4 is 28.4 Å². The van der Waals surface area contributed by atoms with Crippen molar-refractivity contribution < 1.29 is 25.0 Å². The van der Waals surface area contributed by atoms with Crippen molar-refractivity contribution in [3.05, 3.63) is 0 Å². The van der Waals surface area contributed by atoms with Crippen molar-refractivity contribution in [1.82, 2.24) is 5.48 Å². The van der Waals surface area contributed by atoms with Gasteiger partial charge in [-0.3, -0.25) is 14.6 Å². The molecule has 0 aliphatic heterocycles. The highest BCUT2D eigenvalue weighted by Crippen LogP contribution is 1.99. The number of nitrogens with one attached hydrogen (secondary N) is 1. The highest BCUT2D eigenvalue weighted by atomic mass is 16.5. The number of carbonyl (C=O) groups is 2. The molecule has 11 heteroatoms. The van der Waals surface area contributed by atoms with E-state index in [-0.39, 0.29) is 5.96 Å². The van der Waals surface area contributed by atoms with Crippen molar-refractivity contribution in [2.24, 2.45) is 27.9 Å². The van der Waals surface area contributed by atoms with Gasteiger partial charge < -0.3 is 38.4 Å². The van der Waals surface area contributed by atoms with Gasteiger partial charge in [-0.15, -0.1) is 0 Å². The summed E-state index contributed by atoms with van der Waals surface area (Å²) in [6.07, 6.45) is 2.85. The van der Waals surface area contributed by atoms with Gasteiger partial charge in [0.15, 0.2) is 5.96 Å². The number of unbranched alkanes of at least 4 members (excludes halogenated alkanes) is 1. The SMILES string of the molecule is NC(N)=NCCC[C@H](N)C(=O)O.NCCCC[C@H](NO)C(=O)O. The molecule has 0 spiro atoms. The Morgan fingerprint density at radius 1 is 1.04 bits per heavy atom. The first-order valence-corrected chi connectivity index (χ1v) is 7.12. The van der Waals surface area contributed by atoms with E-state index in [1.165, 1.54) is 0 Å². The molecule has 0 radical (unpaired) electrons. The zero-order valence-electron chi connectivity index (χ0n) is 13.0. The molecule has 0 aromatic carbocycles. The van der Waals surface area contributed by atoms with Crippen molar-refractivity contribution in [3.63, 3.8) is 0 Å². The van der Waals surface area contributed by atoms with Crippen LogP contribution in [0.15, 0.2) is 4.99 Å². The van der Waals surface area contributed by atoms with E-state index in [4.69, 9.17) is 38.4 Å². The summed E-state index contributed by atoms with van der Waals surface area (Å²) in [7, 11) is 0. The minimum absolute atomic E-state index is 0.0129. The predicted octanol–water partition coefficient (Wildman–Crippen LogP) is -2.00. The largest absolute Gasteiger partial charge is 0.480 e. The topological polar surface area (TPSA) is 223 Å². The quantitative estimate of drug-likeness (QED) is 0.0895. The molecule has 0 amide bonds. The first kappa shape index (κ1) is 23.3. The summed E-state index contributed by atoms with van der Waals surface area (Å²) >= 11 is 0. The fourth-order valence-electron chi connectivity index (χ4n) is 1.38. The third-order valence-electron chi connectivity index (χ3n) is 2.69. The summed E-state index contributed by atoms with van der Waals surface area (Å²) in [6, 6.07) is -1.68. The van der Waals surface area contributed by atoms with Gasteiger partial charge in [0.05, 0.1) is 0 Å². The molecule has 2 atom stereocenters. The molecule has 11 nitrogen and oxygen atoms in total. The molecule has 0 heterocycles. The van der Waals surface area contributed by atoms with Crippen LogP contribution >= 0.6 is 0 Å². The Kier molecular flexibility index (Phi) is 15.2. The van der Waals surface area contributed by atoms with E-state index >= 15 is 0 Å². The molecule has 136 valence electrons. The summed E-state index contributed by atoms with van der Waals surface area (Å²) in [5, 5.41) is 25.1. The maximum atomic E-state index is 10.3. The highest BCUT2D eigenvalue weighted by Gasteiger charge is 2.14. The first-order valence-electron chi connectivity index (χ1n) is 7.12. The Morgan fingerprint density at radius 3 is 2.04 bits per heavy atom. The highest BCUT2D eigenvalue weighted by molar-refractivity contribution is 5.75. The number of hydrogen-bond acceptors (Lipinski definition) is 7. The fourth-order valence-corrected chi connectivity index (χ4v) is 1.38. The number of nitrogens with two attached hydrogens (primary N) is 4. The lowest BCUT2D eigenvalue weighted by Crippen LogP contribution is -2.34. The van der Waals surface area contributed by atoms with E-state index in [1.54, 1.807) is 5.48 Å². The zero-order valence-corrected chi connectivity index (χ0v) is 13.0.